The Hall–Kier alpha value is -2.94. The lowest BCUT2D eigenvalue weighted by Gasteiger charge is -2.04. The first-order chi connectivity index (χ1) is 12.2. The van der Waals surface area contributed by atoms with Crippen molar-refractivity contribution in [3.05, 3.63) is 88.5 Å². The summed E-state index contributed by atoms with van der Waals surface area (Å²) >= 11 is 0. The molecule has 0 heterocycles. The van der Waals surface area contributed by atoms with Gasteiger partial charge in [-0.25, -0.2) is 0 Å². The van der Waals surface area contributed by atoms with E-state index in [1.165, 1.54) is 16.7 Å². The number of hydrogen-bond acceptors (Lipinski definition) is 3. The third kappa shape index (κ3) is 7.31. The molecule has 0 aliphatic rings. The van der Waals surface area contributed by atoms with E-state index in [-0.39, 0.29) is 0 Å². The molecule has 3 aromatic rings. The molecule has 0 fully saturated rings. The summed E-state index contributed by atoms with van der Waals surface area (Å²) in [5.41, 5.74) is 5.66. The van der Waals surface area contributed by atoms with Crippen LogP contribution >= 0.6 is 0 Å². The summed E-state index contributed by atoms with van der Waals surface area (Å²) in [4.78, 5) is 0. The SMILES string of the molecule is Cc1ccc(O)c(C)c1C.Cc1ccc(O)cc1.Cc1cccc(O)c1. The van der Waals surface area contributed by atoms with E-state index in [0.29, 0.717) is 17.2 Å². The molecule has 0 aliphatic heterocycles. The van der Waals surface area contributed by atoms with E-state index in [1.54, 1.807) is 30.3 Å². The molecule has 0 unspecified atom stereocenters. The van der Waals surface area contributed by atoms with Gasteiger partial charge >= 0.3 is 0 Å². The second-order valence-electron chi connectivity index (χ2n) is 6.33. The maximum absolute atomic E-state index is 9.22. The number of aromatic hydroxyl groups is 3. The fourth-order valence-electron chi connectivity index (χ4n) is 2.11. The Bertz CT molecular complexity index is 756. The Balaban J connectivity index is 0.000000197. The number of hydrogen-bond donors (Lipinski definition) is 3. The average Bonchev–Trinajstić information content (AvgIpc) is 2.60. The molecule has 0 radical (unpaired) electrons. The first-order valence-corrected chi connectivity index (χ1v) is 8.47. The lowest BCUT2D eigenvalue weighted by Crippen LogP contribution is -1.85. The highest BCUT2D eigenvalue weighted by atomic mass is 16.3. The standard InChI is InChI=1S/C9H12O.2C7H8O/c1-6-4-5-9(10)8(3)7(6)2;1-6-2-4-7(8)5-3-6;1-6-3-2-4-7(8)5-6/h4-5,10H,1-3H3;2*2-5,8H,1H3. The van der Waals surface area contributed by atoms with Crippen molar-refractivity contribution in [3.8, 4) is 17.2 Å². The van der Waals surface area contributed by atoms with Gasteiger partial charge in [0.25, 0.3) is 0 Å². The molecule has 0 aromatic heterocycles. The van der Waals surface area contributed by atoms with Crippen LogP contribution in [0.3, 0.4) is 0 Å². The van der Waals surface area contributed by atoms with Crippen molar-refractivity contribution in [3.63, 3.8) is 0 Å². The molecule has 26 heavy (non-hydrogen) atoms. The molecular weight excluding hydrogens is 324 g/mol. The summed E-state index contributed by atoms with van der Waals surface area (Å²) in [6, 6.07) is 17.9. The normalized spacial score (nSPS) is 9.42. The fraction of sp³-hybridized carbons (Fsp3) is 0.217. The van der Waals surface area contributed by atoms with Crippen molar-refractivity contribution in [2.45, 2.75) is 34.6 Å². The van der Waals surface area contributed by atoms with Gasteiger partial charge in [0, 0.05) is 0 Å². The number of aryl methyl sites for hydroxylation is 3. The molecule has 3 aromatic carbocycles. The van der Waals surface area contributed by atoms with Crippen LogP contribution in [-0.2, 0) is 0 Å². The molecule has 0 amide bonds. The quantitative estimate of drug-likeness (QED) is 0.485. The monoisotopic (exact) mass is 352 g/mol. The van der Waals surface area contributed by atoms with Crippen LogP contribution in [0.25, 0.3) is 0 Å². The van der Waals surface area contributed by atoms with Gasteiger partial charge in [-0.15, -0.1) is 0 Å². The summed E-state index contributed by atoms with van der Waals surface area (Å²) < 4.78 is 0. The minimum absolute atomic E-state index is 0.329. The highest BCUT2D eigenvalue weighted by Gasteiger charge is 1.99. The summed E-state index contributed by atoms with van der Waals surface area (Å²) in [6.45, 7) is 9.92. The van der Waals surface area contributed by atoms with Crippen molar-refractivity contribution in [1.82, 2.24) is 0 Å². The molecule has 3 heteroatoms. The first-order valence-electron chi connectivity index (χ1n) is 8.47. The largest absolute Gasteiger partial charge is 0.508 e. The smallest absolute Gasteiger partial charge is 0.118 e. The zero-order chi connectivity index (χ0) is 19.7. The predicted octanol–water partition coefficient (Wildman–Crippen LogP) is 5.72. The Kier molecular flexibility index (Phi) is 8.23. The lowest BCUT2D eigenvalue weighted by molar-refractivity contribution is 0.470. The van der Waals surface area contributed by atoms with Crippen LogP contribution in [0.4, 0.5) is 0 Å². The van der Waals surface area contributed by atoms with E-state index in [9.17, 15) is 5.11 Å². The molecule has 3 nitrogen and oxygen atoms in total. The van der Waals surface area contributed by atoms with Gasteiger partial charge in [0.1, 0.15) is 17.2 Å². The topological polar surface area (TPSA) is 60.7 Å². The van der Waals surface area contributed by atoms with Gasteiger partial charge in [-0.1, -0.05) is 35.9 Å². The zero-order valence-corrected chi connectivity index (χ0v) is 16.1. The molecule has 0 saturated carbocycles. The van der Waals surface area contributed by atoms with Crippen LogP contribution in [0, 0.1) is 34.6 Å². The Morgan fingerprint density at radius 2 is 1.15 bits per heavy atom. The van der Waals surface area contributed by atoms with Gasteiger partial charge in [-0.3, -0.25) is 0 Å². The number of phenols is 3. The van der Waals surface area contributed by atoms with Crippen LogP contribution in [0.15, 0.2) is 60.7 Å². The molecule has 0 aliphatic carbocycles. The van der Waals surface area contributed by atoms with Crippen molar-refractivity contribution in [1.29, 1.82) is 0 Å². The Labute approximate surface area is 156 Å². The van der Waals surface area contributed by atoms with Gasteiger partial charge < -0.3 is 15.3 Å². The molecule has 0 saturated heterocycles. The minimum atomic E-state index is 0.329. The van der Waals surface area contributed by atoms with E-state index in [2.05, 4.69) is 0 Å². The lowest BCUT2D eigenvalue weighted by atomic mass is 10.0. The second kappa shape index (κ2) is 10.1. The van der Waals surface area contributed by atoms with Gasteiger partial charge in [-0.2, -0.15) is 0 Å². The molecule has 0 atom stereocenters. The van der Waals surface area contributed by atoms with Crippen LogP contribution < -0.4 is 0 Å². The zero-order valence-electron chi connectivity index (χ0n) is 16.1. The minimum Gasteiger partial charge on any atom is -0.508 e. The summed E-state index contributed by atoms with van der Waals surface area (Å²) in [5, 5.41) is 26.8. The van der Waals surface area contributed by atoms with Crippen LogP contribution in [0.5, 0.6) is 17.2 Å². The van der Waals surface area contributed by atoms with Crippen LogP contribution in [0.2, 0.25) is 0 Å². The Morgan fingerprint density at radius 3 is 1.58 bits per heavy atom. The van der Waals surface area contributed by atoms with E-state index < -0.39 is 0 Å². The van der Waals surface area contributed by atoms with E-state index in [4.69, 9.17) is 10.2 Å². The third-order valence-electron chi connectivity index (χ3n) is 4.07. The van der Waals surface area contributed by atoms with E-state index >= 15 is 0 Å². The maximum atomic E-state index is 9.22. The van der Waals surface area contributed by atoms with Crippen molar-refractivity contribution in [2.75, 3.05) is 0 Å². The summed E-state index contributed by atoms with van der Waals surface area (Å²) in [5.74, 6) is 1.06. The van der Waals surface area contributed by atoms with Gasteiger partial charge in [-0.05, 0) is 87.2 Å². The molecular formula is C23H28O3. The molecule has 0 spiro atoms. The van der Waals surface area contributed by atoms with Gasteiger partial charge in [0.05, 0.1) is 0 Å². The van der Waals surface area contributed by atoms with Gasteiger partial charge in [0.2, 0.25) is 0 Å². The molecule has 3 rings (SSSR count). The summed E-state index contributed by atoms with van der Waals surface area (Å²) in [6.07, 6.45) is 0. The van der Waals surface area contributed by atoms with Crippen molar-refractivity contribution in [2.24, 2.45) is 0 Å². The van der Waals surface area contributed by atoms with Crippen LogP contribution in [-0.4, -0.2) is 15.3 Å². The number of rotatable bonds is 0. The molecule has 138 valence electrons. The van der Waals surface area contributed by atoms with E-state index in [1.807, 2.05) is 65.0 Å². The molecule has 0 bridgehead atoms. The first kappa shape index (κ1) is 21.1. The van der Waals surface area contributed by atoms with Crippen LogP contribution in [0.1, 0.15) is 27.8 Å². The highest BCUT2D eigenvalue weighted by molar-refractivity contribution is 5.41. The third-order valence-corrected chi connectivity index (χ3v) is 4.07. The van der Waals surface area contributed by atoms with Gasteiger partial charge in [0.15, 0.2) is 0 Å². The second-order valence-corrected chi connectivity index (χ2v) is 6.33. The number of phenolic OH excluding ortho intramolecular Hbond substituents is 3. The van der Waals surface area contributed by atoms with Crippen molar-refractivity contribution >= 4 is 0 Å². The highest BCUT2D eigenvalue weighted by Crippen LogP contribution is 2.21. The van der Waals surface area contributed by atoms with E-state index in [0.717, 1.165) is 11.1 Å². The fourth-order valence-corrected chi connectivity index (χ4v) is 2.11. The Morgan fingerprint density at radius 1 is 0.538 bits per heavy atom. The average molecular weight is 352 g/mol. The predicted molar refractivity (Wildman–Crippen MR) is 108 cm³/mol. The maximum Gasteiger partial charge on any atom is 0.118 e. The molecule has 3 N–H and O–H groups in total. The number of benzene rings is 3. The van der Waals surface area contributed by atoms with Crippen molar-refractivity contribution < 1.29 is 15.3 Å². The summed E-state index contributed by atoms with van der Waals surface area (Å²) in [7, 11) is 0.